The first-order valence-electron chi connectivity index (χ1n) is 12.4. The first-order valence-corrected chi connectivity index (χ1v) is 12.4. The minimum absolute atomic E-state index is 0.00238. The van der Waals surface area contributed by atoms with E-state index >= 15 is 0 Å². The van der Waals surface area contributed by atoms with Gasteiger partial charge in [-0.25, -0.2) is 0 Å². The zero-order valence-electron chi connectivity index (χ0n) is 20.8. The maximum absolute atomic E-state index is 12.7. The van der Waals surface area contributed by atoms with Crippen molar-refractivity contribution in [3.05, 3.63) is 24.0 Å². The van der Waals surface area contributed by atoms with Crippen molar-refractivity contribution in [1.29, 1.82) is 0 Å². The van der Waals surface area contributed by atoms with Gasteiger partial charge in [0.05, 0.1) is 24.0 Å². The largest absolute Gasteiger partial charge is 0.548 e. The number of ether oxygens (including phenoxy) is 1. The molecule has 3 heterocycles. The Hall–Kier alpha value is -3.94. The van der Waals surface area contributed by atoms with E-state index in [-0.39, 0.29) is 37.8 Å². The summed E-state index contributed by atoms with van der Waals surface area (Å²) in [6.07, 6.45) is 3.19. The number of carboxylic acids is 2. The molecule has 3 fully saturated rings. The minimum atomic E-state index is -1.49. The van der Waals surface area contributed by atoms with Crippen LogP contribution >= 0.6 is 0 Å². The molecule has 0 radical (unpaired) electrons. The maximum Gasteiger partial charge on any atom is 0.268 e. The molecule has 2 saturated heterocycles. The lowest BCUT2D eigenvalue weighted by Crippen LogP contribution is -2.49. The predicted molar refractivity (Wildman–Crippen MR) is 122 cm³/mol. The number of aryl methyl sites for hydroxylation is 1. The predicted octanol–water partition coefficient (Wildman–Crippen LogP) is -4.26. The van der Waals surface area contributed by atoms with Gasteiger partial charge in [0.2, 0.25) is 17.7 Å². The van der Waals surface area contributed by atoms with Gasteiger partial charge in [0.15, 0.2) is 0 Å². The number of carbonyl (C=O) groups excluding carboxylic acids is 6. The standard InChI is InChI=1S/C24H31N5O9/c1-27-6-2-3-16(27)22(33)26-15-8-18(24(36)37)29(10-15)20(31)12-38-11-19(30)28-9-14(7-17(28)23(34)35)25-21(32)13-4-5-13/h2-3,6,13-15,17-18H,4-5,7-12H2,1H3,(H,25,32)(H,26,33)(H,34,35)(H,36,37)/p-2/t14-,15-,17-,18-/m0/s1. The van der Waals surface area contributed by atoms with Crippen LogP contribution in [0.2, 0.25) is 0 Å². The van der Waals surface area contributed by atoms with Crippen LogP contribution in [0.1, 0.15) is 36.2 Å². The fourth-order valence-corrected chi connectivity index (χ4v) is 4.89. The number of likely N-dealkylation sites (tertiary alicyclic amines) is 2. The van der Waals surface area contributed by atoms with Crippen molar-refractivity contribution in [2.75, 3.05) is 26.3 Å². The van der Waals surface area contributed by atoms with Crippen LogP contribution in [0, 0.1) is 5.92 Å². The van der Waals surface area contributed by atoms with Crippen LogP contribution in [0.4, 0.5) is 0 Å². The van der Waals surface area contributed by atoms with Gasteiger partial charge in [-0.15, -0.1) is 0 Å². The van der Waals surface area contributed by atoms with Gasteiger partial charge >= 0.3 is 0 Å². The van der Waals surface area contributed by atoms with Gasteiger partial charge in [0, 0.05) is 44.3 Å². The monoisotopic (exact) mass is 531 g/mol. The molecule has 1 saturated carbocycles. The third-order valence-electron chi connectivity index (χ3n) is 7.04. The number of aliphatic carboxylic acids is 2. The topological polar surface area (TPSA) is 193 Å². The van der Waals surface area contributed by atoms with Gasteiger partial charge in [-0.2, -0.15) is 0 Å². The highest BCUT2D eigenvalue weighted by molar-refractivity contribution is 5.93. The molecular formula is C24H29N5O9-2. The van der Waals surface area contributed by atoms with E-state index < -0.39 is 67.0 Å². The van der Waals surface area contributed by atoms with Crippen LogP contribution in [-0.2, 0) is 35.8 Å². The molecule has 206 valence electrons. The number of hydrogen-bond donors (Lipinski definition) is 2. The van der Waals surface area contributed by atoms with E-state index in [1.165, 1.54) is 0 Å². The molecule has 3 aliphatic rings. The van der Waals surface area contributed by atoms with E-state index in [0.717, 1.165) is 22.6 Å². The molecule has 0 unspecified atom stereocenters. The van der Waals surface area contributed by atoms with Crippen LogP contribution in [0.25, 0.3) is 0 Å². The minimum Gasteiger partial charge on any atom is -0.548 e. The quantitative estimate of drug-likeness (QED) is 0.301. The lowest BCUT2D eigenvalue weighted by Gasteiger charge is -2.26. The molecule has 14 heteroatoms. The number of hydrogen-bond acceptors (Lipinski definition) is 9. The molecule has 2 aliphatic heterocycles. The van der Waals surface area contributed by atoms with E-state index in [4.69, 9.17) is 4.74 Å². The number of rotatable bonds is 10. The molecule has 2 N–H and O–H groups in total. The highest BCUT2D eigenvalue weighted by Gasteiger charge is 2.40. The molecule has 1 aliphatic carbocycles. The average molecular weight is 532 g/mol. The second kappa shape index (κ2) is 11.2. The Morgan fingerprint density at radius 1 is 0.895 bits per heavy atom. The number of aromatic nitrogens is 1. The summed E-state index contributed by atoms with van der Waals surface area (Å²) in [5, 5.41) is 28.6. The summed E-state index contributed by atoms with van der Waals surface area (Å²) < 4.78 is 6.81. The maximum atomic E-state index is 12.7. The number of nitrogens with zero attached hydrogens (tertiary/aromatic N) is 3. The van der Waals surface area contributed by atoms with Crippen molar-refractivity contribution < 1.29 is 43.7 Å². The smallest absolute Gasteiger partial charge is 0.268 e. The third-order valence-corrected chi connectivity index (χ3v) is 7.04. The highest BCUT2D eigenvalue weighted by Crippen LogP contribution is 2.29. The zero-order valence-corrected chi connectivity index (χ0v) is 20.8. The molecule has 0 spiro atoms. The van der Waals surface area contributed by atoms with Crippen LogP contribution < -0.4 is 20.8 Å². The summed E-state index contributed by atoms with van der Waals surface area (Å²) in [7, 11) is 1.68. The van der Waals surface area contributed by atoms with Crippen molar-refractivity contribution in [3.63, 3.8) is 0 Å². The van der Waals surface area contributed by atoms with Gasteiger partial charge in [-0.05, 0) is 37.8 Å². The van der Waals surface area contributed by atoms with E-state index in [1.807, 2.05) is 0 Å². The Bertz CT molecular complexity index is 1130. The Kier molecular flexibility index (Phi) is 7.99. The summed E-state index contributed by atoms with van der Waals surface area (Å²) in [6.45, 7) is -1.39. The summed E-state index contributed by atoms with van der Waals surface area (Å²) in [5.74, 6) is -5.05. The third kappa shape index (κ3) is 6.13. The van der Waals surface area contributed by atoms with Crippen LogP contribution in [0.15, 0.2) is 18.3 Å². The number of carboxylic acid groups (broad SMARTS) is 2. The lowest BCUT2D eigenvalue weighted by atomic mass is 10.1. The van der Waals surface area contributed by atoms with E-state index in [2.05, 4.69) is 10.6 Å². The Balaban J connectivity index is 1.28. The molecule has 38 heavy (non-hydrogen) atoms. The van der Waals surface area contributed by atoms with E-state index in [1.54, 1.807) is 29.9 Å². The number of carbonyl (C=O) groups is 6. The molecule has 14 nitrogen and oxygen atoms in total. The zero-order chi connectivity index (χ0) is 27.6. The number of nitrogens with one attached hydrogen (secondary N) is 2. The van der Waals surface area contributed by atoms with Crippen molar-refractivity contribution in [2.24, 2.45) is 13.0 Å². The fourth-order valence-electron chi connectivity index (χ4n) is 4.89. The van der Waals surface area contributed by atoms with Crippen LogP contribution in [0.3, 0.4) is 0 Å². The second-order valence-electron chi connectivity index (χ2n) is 9.88. The molecule has 1 aromatic rings. The first-order chi connectivity index (χ1) is 18.0. The highest BCUT2D eigenvalue weighted by atomic mass is 16.5. The van der Waals surface area contributed by atoms with Crippen molar-refractivity contribution >= 4 is 35.6 Å². The van der Waals surface area contributed by atoms with Crippen molar-refractivity contribution in [2.45, 2.75) is 49.9 Å². The molecule has 1 aromatic heterocycles. The molecule has 4 amide bonds. The van der Waals surface area contributed by atoms with Gasteiger partial charge in [0.25, 0.3) is 5.91 Å². The summed E-state index contributed by atoms with van der Waals surface area (Å²) in [5.41, 5.74) is 0.368. The van der Waals surface area contributed by atoms with Gasteiger partial charge in [0.1, 0.15) is 18.9 Å². The van der Waals surface area contributed by atoms with Crippen molar-refractivity contribution in [3.8, 4) is 0 Å². The van der Waals surface area contributed by atoms with Gasteiger partial charge < -0.3 is 49.5 Å². The van der Waals surface area contributed by atoms with Gasteiger partial charge in [-0.3, -0.25) is 19.2 Å². The van der Waals surface area contributed by atoms with Crippen LogP contribution in [-0.4, -0.2) is 100 Å². The SMILES string of the molecule is Cn1cccc1C(=O)N[C@H]1C[C@@H](C(=O)[O-])N(C(=O)COCC(=O)N2C[C@@H](NC(=O)C3CC3)C[C@H]2C(=O)[O-])C1. The lowest BCUT2D eigenvalue weighted by molar-refractivity contribution is -0.311. The molecule has 4 rings (SSSR count). The second-order valence-corrected chi connectivity index (χ2v) is 9.88. The average Bonchev–Trinajstić information content (AvgIpc) is 3.26. The fraction of sp³-hybridized carbons (Fsp3) is 0.583. The van der Waals surface area contributed by atoms with E-state index in [0.29, 0.717) is 5.69 Å². The Morgan fingerprint density at radius 3 is 1.87 bits per heavy atom. The Labute approximate surface area is 217 Å². The first kappa shape index (κ1) is 27.1. The summed E-state index contributed by atoms with van der Waals surface area (Å²) in [4.78, 5) is 75.0. The van der Waals surface area contributed by atoms with E-state index in [9.17, 15) is 39.0 Å². The van der Waals surface area contributed by atoms with Crippen LogP contribution in [0.5, 0.6) is 0 Å². The number of amides is 4. The van der Waals surface area contributed by atoms with Crippen molar-refractivity contribution in [1.82, 2.24) is 25.0 Å². The summed E-state index contributed by atoms with van der Waals surface area (Å²) in [6, 6.07) is -0.430. The Morgan fingerprint density at radius 2 is 1.42 bits per heavy atom. The van der Waals surface area contributed by atoms with Gasteiger partial charge in [-0.1, -0.05) is 0 Å². The summed E-state index contributed by atoms with van der Waals surface area (Å²) >= 11 is 0. The molecular weight excluding hydrogens is 502 g/mol. The normalized spacial score (nSPS) is 24.8. The molecule has 0 bridgehead atoms. The molecule has 4 atom stereocenters. The molecule has 0 aromatic carbocycles.